The van der Waals surface area contributed by atoms with Crippen LogP contribution in [0, 0.1) is 0 Å². The van der Waals surface area contributed by atoms with Crippen LogP contribution in [0.5, 0.6) is 0 Å². The Bertz CT molecular complexity index is 329. The molecule has 0 aromatic heterocycles. The average Bonchev–Trinajstić information content (AvgIpc) is 2.11. The Balaban J connectivity index is 2.98. The van der Waals surface area contributed by atoms with Gasteiger partial charge in [0.15, 0.2) is 0 Å². The summed E-state index contributed by atoms with van der Waals surface area (Å²) in [6, 6.07) is 6.22. The van der Waals surface area contributed by atoms with E-state index in [4.69, 9.17) is 0 Å². The molecule has 0 saturated heterocycles. The second-order valence-corrected chi connectivity index (χ2v) is 5.07. The third-order valence-corrected chi connectivity index (χ3v) is 4.33. The number of rotatable bonds is 2. The Labute approximate surface area is 104 Å². The van der Waals surface area contributed by atoms with Gasteiger partial charge in [-0.3, -0.25) is 0 Å². The van der Waals surface area contributed by atoms with Crippen molar-refractivity contribution in [2.75, 3.05) is 5.33 Å². The third kappa shape index (κ3) is 3.56. The van der Waals surface area contributed by atoms with Crippen molar-refractivity contribution in [2.24, 2.45) is 0 Å². The van der Waals surface area contributed by atoms with E-state index in [1.54, 1.807) is 0 Å². The maximum atomic E-state index is 3.47. The summed E-state index contributed by atoms with van der Waals surface area (Å²) >= 11 is 10.3. The van der Waals surface area contributed by atoms with Gasteiger partial charge in [0, 0.05) is 14.3 Å². The zero-order chi connectivity index (χ0) is 9.84. The highest BCUT2D eigenvalue weighted by Gasteiger charge is 1.96. The molecule has 0 spiro atoms. The smallest absolute Gasteiger partial charge is 0.0323 e. The number of benzene rings is 1. The minimum absolute atomic E-state index is 0.917. The molecule has 0 aliphatic carbocycles. The van der Waals surface area contributed by atoms with E-state index in [0.29, 0.717) is 0 Å². The first-order chi connectivity index (χ1) is 6.13. The predicted molar refractivity (Wildman–Crippen MR) is 69.3 cm³/mol. The minimum atomic E-state index is 0.917. The molecule has 1 rings (SSSR count). The molecule has 0 bridgehead atoms. The second-order valence-electron chi connectivity index (χ2n) is 2.80. The molecule has 0 fully saturated rings. The van der Waals surface area contributed by atoms with Crippen molar-refractivity contribution in [3.05, 3.63) is 38.3 Å². The second kappa shape index (κ2) is 5.32. The van der Waals surface area contributed by atoms with E-state index in [1.165, 1.54) is 11.1 Å². The summed E-state index contributed by atoms with van der Waals surface area (Å²) in [5.74, 6) is 0. The molecule has 0 nitrogen and oxygen atoms in total. The third-order valence-electron chi connectivity index (χ3n) is 1.57. The highest BCUT2D eigenvalue weighted by molar-refractivity contribution is 9.13. The maximum Gasteiger partial charge on any atom is 0.0323 e. The molecule has 0 atom stereocenters. The molecule has 70 valence electrons. The highest BCUT2D eigenvalue weighted by atomic mass is 79.9. The summed E-state index contributed by atoms with van der Waals surface area (Å²) in [4.78, 5) is 0. The molecule has 0 saturated carbocycles. The monoisotopic (exact) mass is 366 g/mol. The van der Waals surface area contributed by atoms with Crippen molar-refractivity contribution in [3.63, 3.8) is 0 Å². The summed E-state index contributed by atoms with van der Waals surface area (Å²) in [5, 5.41) is 0.917. The maximum absolute atomic E-state index is 3.47. The zero-order valence-corrected chi connectivity index (χ0v) is 11.9. The van der Waals surface area contributed by atoms with Crippen molar-refractivity contribution in [1.82, 2.24) is 0 Å². The van der Waals surface area contributed by atoms with E-state index in [2.05, 4.69) is 72.9 Å². The lowest BCUT2D eigenvalue weighted by molar-refractivity contribution is 1.44. The Hall–Kier alpha value is 0.400. The van der Waals surface area contributed by atoms with Gasteiger partial charge >= 0.3 is 0 Å². The van der Waals surface area contributed by atoms with Crippen molar-refractivity contribution in [2.45, 2.75) is 6.92 Å². The Kier molecular flexibility index (Phi) is 4.70. The lowest BCUT2D eigenvalue weighted by Gasteiger charge is -1.99. The molecule has 0 aliphatic heterocycles. The molecule has 13 heavy (non-hydrogen) atoms. The summed E-state index contributed by atoms with van der Waals surface area (Å²) in [5.41, 5.74) is 2.53. The van der Waals surface area contributed by atoms with Gasteiger partial charge in [-0.25, -0.2) is 0 Å². The van der Waals surface area contributed by atoms with E-state index in [0.717, 1.165) is 14.3 Å². The van der Waals surface area contributed by atoms with Crippen LogP contribution >= 0.6 is 47.8 Å². The molecule has 3 heteroatoms. The first-order valence-electron chi connectivity index (χ1n) is 3.81. The minimum Gasteiger partial charge on any atom is -0.0880 e. The molecular formula is C10H9Br3. The molecule has 0 unspecified atom stereocenters. The summed E-state index contributed by atoms with van der Waals surface area (Å²) in [6.07, 6.45) is 2.16. The van der Waals surface area contributed by atoms with Crippen LogP contribution in [-0.2, 0) is 0 Å². The molecule has 0 amide bonds. The van der Waals surface area contributed by atoms with Gasteiger partial charge in [0.2, 0.25) is 0 Å². The van der Waals surface area contributed by atoms with Gasteiger partial charge in [0.1, 0.15) is 0 Å². The van der Waals surface area contributed by atoms with Crippen molar-refractivity contribution >= 4 is 53.9 Å². The van der Waals surface area contributed by atoms with Crippen molar-refractivity contribution < 1.29 is 0 Å². The van der Waals surface area contributed by atoms with E-state index in [-0.39, 0.29) is 0 Å². The summed E-state index contributed by atoms with van der Waals surface area (Å²) in [6.45, 7) is 2.10. The topological polar surface area (TPSA) is 0 Å². The van der Waals surface area contributed by atoms with Gasteiger partial charge in [-0.05, 0) is 56.5 Å². The SMILES string of the molecule is C/C(=C/c1ccc(Br)c(Br)c1)CBr. The van der Waals surface area contributed by atoms with Crippen LogP contribution in [0.2, 0.25) is 0 Å². The van der Waals surface area contributed by atoms with Gasteiger partial charge in [-0.1, -0.05) is 33.6 Å². The normalized spacial score (nSPS) is 11.8. The lowest BCUT2D eigenvalue weighted by Crippen LogP contribution is -1.78. The highest BCUT2D eigenvalue weighted by Crippen LogP contribution is 2.24. The Morgan fingerprint density at radius 3 is 2.54 bits per heavy atom. The number of hydrogen-bond acceptors (Lipinski definition) is 0. The zero-order valence-electron chi connectivity index (χ0n) is 7.15. The molecule has 1 aromatic carbocycles. The van der Waals surface area contributed by atoms with E-state index >= 15 is 0 Å². The Morgan fingerprint density at radius 1 is 1.31 bits per heavy atom. The average molecular weight is 369 g/mol. The van der Waals surface area contributed by atoms with Crippen LogP contribution in [0.25, 0.3) is 6.08 Å². The Morgan fingerprint density at radius 2 is 2.00 bits per heavy atom. The molecule has 0 heterocycles. The lowest BCUT2D eigenvalue weighted by atomic mass is 10.1. The fraction of sp³-hybridized carbons (Fsp3) is 0.200. The van der Waals surface area contributed by atoms with Crippen LogP contribution in [0.4, 0.5) is 0 Å². The van der Waals surface area contributed by atoms with Crippen LogP contribution in [0.1, 0.15) is 12.5 Å². The van der Waals surface area contributed by atoms with Crippen LogP contribution in [0.3, 0.4) is 0 Å². The van der Waals surface area contributed by atoms with Gasteiger partial charge in [0.25, 0.3) is 0 Å². The van der Waals surface area contributed by atoms with Crippen molar-refractivity contribution in [1.29, 1.82) is 0 Å². The van der Waals surface area contributed by atoms with Crippen LogP contribution < -0.4 is 0 Å². The van der Waals surface area contributed by atoms with E-state index in [1.807, 2.05) is 6.07 Å². The van der Waals surface area contributed by atoms with Gasteiger partial charge in [0.05, 0.1) is 0 Å². The van der Waals surface area contributed by atoms with Crippen LogP contribution in [-0.4, -0.2) is 5.33 Å². The first kappa shape index (κ1) is 11.5. The number of halogens is 3. The molecule has 0 N–H and O–H groups in total. The fourth-order valence-corrected chi connectivity index (χ4v) is 1.73. The first-order valence-corrected chi connectivity index (χ1v) is 6.52. The van der Waals surface area contributed by atoms with Gasteiger partial charge in [-0.15, -0.1) is 0 Å². The number of alkyl halides is 1. The molecule has 0 aliphatic rings. The van der Waals surface area contributed by atoms with Crippen LogP contribution in [0.15, 0.2) is 32.7 Å². The number of allylic oxidation sites excluding steroid dienone is 1. The molecular weight excluding hydrogens is 360 g/mol. The van der Waals surface area contributed by atoms with Crippen molar-refractivity contribution in [3.8, 4) is 0 Å². The van der Waals surface area contributed by atoms with E-state index in [9.17, 15) is 0 Å². The fourth-order valence-electron chi connectivity index (χ4n) is 0.925. The summed E-state index contributed by atoms with van der Waals surface area (Å²) in [7, 11) is 0. The number of hydrogen-bond donors (Lipinski definition) is 0. The molecule has 1 aromatic rings. The van der Waals surface area contributed by atoms with Gasteiger partial charge in [-0.2, -0.15) is 0 Å². The standard InChI is InChI=1S/C10H9Br3/c1-7(6-11)4-8-2-3-9(12)10(13)5-8/h2-5H,6H2,1H3/b7-4-. The predicted octanol–water partition coefficient (Wildman–Crippen LogP) is 5.01. The van der Waals surface area contributed by atoms with Gasteiger partial charge < -0.3 is 0 Å². The molecule has 0 radical (unpaired) electrons. The quantitative estimate of drug-likeness (QED) is 0.644. The summed E-state index contributed by atoms with van der Waals surface area (Å²) < 4.78 is 2.17. The largest absolute Gasteiger partial charge is 0.0880 e. The van der Waals surface area contributed by atoms with E-state index < -0.39 is 0 Å².